The molecule has 116 valence electrons. The van der Waals surface area contributed by atoms with Gasteiger partial charge in [-0.2, -0.15) is 0 Å². The van der Waals surface area contributed by atoms with Gasteiger partial charge in [0.2, 0.25) is 0 Å². The van der Waals surface area contributed by atoms with Gasteiger partial charge in [-0.3, -0.25) is 0 Å². The van der Waals surface area contributed by atoms with E-state index >= 15 is 0 Å². The number of hydrogen-bond acceptors (Lipinski definition) is 3. The van der Waals surface area contributed by atoms with E-state index in [0.29, 0.717) is 6.61 Å². The molecule has 0 radical (unpaired) electrons. The highest BCUT2D eigenvalue weighted by Crippen LogP contribution is 2.16. The molecule has 0 fully saturated rings. The Labute approximate surface area is 136 Å². The summed E-state index contributed by atoms with van der Waals surface area (Å²) in [4.78, 5) is 11.3. The van der Waals surface area contributed by atoms with Crippen LogP contribution in [-0.4, -0.2) is 12.6 Å². The van der Waals surface area contributed by atoms with Gasteiger partial charge in [-0.05, 0) is 25.0 Å². The molecule has 0 spiro atoms. The second kappa shape index (κ2) is 9.11. The van der Waals surface area contributed by atoms with Gasteiger partial charge in [-0.1, -0.05) is 54.5 Å². The van der Waals surface area contributed by atoms with Crippen molar-refractivity contribution in [2.24, 2.45) is 0 Å². The van der Waals surface area contributed by atoms with Gasteiger partial charge >= 0.3 is 5.97 Å². The molecule has 0 aliphatic heterocycles. The number of carbonyl (C=O) groups excluding carboxylic acids is 1. The number of benzene rings is 2. The molecule has 2 rings (SSSR count). The molecule has 2 aromatic rings. The topological polar surface area (TPSA) is 35.5 Å². The Hall–Kier alpha value is -2.99. The average molecular weight is 306 g/mol. The Bertz CT molecular complexity index is 694. The summed E-state index contributed by atoms with van der Waals surface area (Å²) in [7, 11) is 0. The number of rotatable bonds is 5. The van der Waals surface area contributed by atoms with Crippen molar-refractivity contribution in [3.63, 3.8) is 0 Å². The van der Waals surface area contributed by atoms with Gasteiger partial charge in [0.1, 0.15) is 0 Å². The Morgan fingerprint density at radius 1 is 1.09 bits per heavy atom. The van der Waals surface area contributed by atoms with Crippen molar-refractivity contribution >= 4 is 5.97 Å². The molecule has 0 saturated heterocycles. The molecular formula is C20H18O3. The minimum absolute atomic E-state index is 0.332. The van der Waals surface area contributed by atoms with Crippen LogP contribution in [0.4, 0.5) is 0 Å². The molecule has 0 bridgehead atoms. The van der Waals surface area contributed by atoms with E-state index in [-0.39, 0.29) is 0 Å². The highest BCUT2D eigenvalue weighted by Gasteiger charge is 2.07. The molecule has 23 heavy (non-hydrogen) atoms. The first kappa shape index (κ1) is 16.4. The second-order valence-corrected chi connectivity index (χ2v) is 4.62. The summed E-state index contributed by atoms with van der Waals surface area (Å²) in [5, 5.41) is 0. The lowest BCUT2D eigenvalue weighted by atomic mass is 10.1. The monoisotopic (exact) mass is 306 g/mol. The van der Waals surface area contributed by atoms with Crippen LogP contribution in [0.1, 0.15) is 24.2 Å². The molecule has 0 saturated carbocycles. The van der Waals surface area contributed by atoms with E-state index in [1.807, 2.05) is 60.7 Å². The van der Waals surface area contributed by atoms with Gasteiger partial charge in [0.25, 0.3) is 0 Å². The number of hydrogen-bond donors (Lipinski definition) is 0. The smallest absolute Gasteiger partial charge is 0.333 e. The molecular weight excluding hydrogens is 288 g/mol. The minimum Gasteiger partial charge on any atom is -0.480 e. The zero-order valence-corrected chi connectivity index (χ0v) is 12.9. The number of carbonyl (C=O) groups is 1. The summed E-state index contributed by atoms with van der Waals surface area (Å²) in [6.45, 7) is 2.09. The van der Waals surface area contributed by atoms with Gasteiger partial charge < -0.3 is 9.47 Å². The van der Waals surface area contributed by atoms with Crippen LogP contribution in [0.15, 0.2) is 73.0 Å². The fourth-order valence-electron chi connectivity index (χ4n) is 1.86. The molecule has 1 atom stereocenters. The number of esters is 1. The van der Waals surface area contributed by atoms with E-state index in [1.165, 1.54) is 12.3 Å². The van der Waals surface area contributed by atoms with Gasteiger partial charge in [0.05, 0.1) is 18.9 Å². The normalized spacial score (nSPS) is 11.3. The zero-order chi connectivity index (χ0) is 16.3. The SMILES string of the molecule is CCOC(=O)/C=C/OC(C#Cc1ccccc1)c1ccccc1. The Kier molecular flexibility index (Phi) is 6.49. The van der Waals surface area contributed by atoms with E-state index < -0.39 is 12.1 Å². The Morgan fingerprint density at radius 3 is 2.39 bits per heavy atom. The number of ether oxygens (including phenoxy) is 2. The van der Waals surface area contributed by atoms with Gasteiger partial charge in [0.15, 0.2) is 6.10 Å². The van der Waals surface area contributed by atoms with Gasteiger partial charge in [0, 0.05) is 11.1 Å². The Morgan fingerprint density at radius 2 is 1.74 bits per heavy atom. The first-order chi connectivity index (χ1) is 11.3. The minimum atomic E-state index is -0.456. The maximum atomic E-state index is 11.3. The highest BCUT2D eigenvalue weighted by molar-refractivity contribution is 5.81. The van der Waals surface area contributed by atoms with Crippen LogP contribution in [0.3, 0.4) is 0 Å². The molecule has 0 aromatic heterocycles. The summed E-state index contributed by atoms with van der Waals surface area (Å²) in [5.74, 6) is 5.73. The highest BCUT2D eigenvalue weighted by atomic mass is 16.5. The molecule has 0 amide bonds. The van der Waals surface area contributed by atoms with Crippen molar-refractivity contribution in [2.45, 2.75) is 13.0 Å². The summed E-state index contributed by atoms with van der Waals surface area (Å²) in [6, 6.07) is 19.3. The van der Waals surface area contributed by atoms with E-state index in [4.69, 9.17) is 9.47 Å². The van der Waals surface area contributed by atoms with Crippen LogP contribution in [0.2, 0.25) is 0 Å². The third-order valence-corrected chi connectivity index (χ3v) is 2.93. The predicted molar refractivity (Wildman–Crippen MR) is 89.4 cm³/mol. The average Bonchev–Trinajstić information content (AvgIpc) is 2.60. The van der Waals surface area contributed by atoms with Crippen molar-refractivity contribution in [3.8, 4) is 11.8 Å². The molecule has 0 heterocycles. The quantitative estimate of drug-likeness (QED) is 0.364. The molecule has 2 aromatic carbocycles. The van der Waals surface area contributed by atoms with E-state index in [2.05, 4.69) is 11.8 Å². The maximum Gasteiger partial charge on any atom is 0.333 e. The van der Waals surface area contributed by atoms with Crippen LogP contribution < -0.4 is 0 Å². The second-order valence-electron chi connectivity index (χ2n) is 4.62. The molecule has 3 nitrogen and oxygen atoms in total. The van der Waals surface area contributed by atoms with Crippen LogP contribution in [0.25, 0.3) is 0 Å². The first-order valence-corrected chi connectivity index (χ1v) is 7.40. The van der Waals surface area contributed by atoms with Crippen LogP contribution in [-0.2, 0) is 14.3 Å². The predicted octanol–water partition coefficient (Wildman–Crippen LogP) is 3.87. The molecule has 0 aliphatic carbocycles. The van der Waals surface area contributed by atoms with Crippen LogP contribution in [0.5, 0.6) is 0 Å². The lowest BCUT2D eigenvalue weighted by Gasteiger charge is -2.10. The molecule has 3 heteroatoms. The van der Waals surface area contributed by atoms with Crippen LogP contribution in [0, 0.1) is 11.8 Å². The summed E-state index contributed by atoms with van der Waals surface area (Å²) < 4.78 is 10.4. The van der Waals surface area contributed by atoms with E-state index in [1.54, 1.807) is 6.92 Å². The Balaban J connectivity index is 2.13. The van der Waals surface area contributed by atoms with E-state index in [0.717, 1.165) is 11.1 Å². The molecule has 0 N–H and O–H groups in total. The largest absolute Gasteiger partial charge is 0.480 e. The third-order valence-electron chi connectivity index (χ3n) is 2.93. The standard InChI is InChI=1S/C20H18O3/c1-2-22-20(21)15-16-23-19(18-11-7-4-8-12-18)14-13-17-9-5-3-6-10-17/h3-12,15-16,19H,2H2,1H3/b16-15+. The molecule has 1 unspecified atom stereocenters. The summed E-state index contributed by atoms with van der Waals surface area (Å²) in [5.41, 5.74) is 1.83. The van der Waals surface area contributed by atoms with Crippen molar-refractivity contribution in [3.05, 3.63) is 84.1 Å². The fraction of sp³-hybridized carbons (Fsp3) is 0.150. The summed E-state index contributed by atoms with van der Waals surface area (Å²) in [6.07, 6.45) is 2.13. The lowest BCUT2D eigenvalue weighted by molar-refractivity contribution is -0.137. The fourth-order valence-corrected chi connectivity index (χ4v) is 1.86. The van der Waals surface area contributed by atoms with Gasteiger partial charge in [-0.15, -0.1) is 0 Å². The molecule has 0 aliphatic rings. The third kappa shape index (κ3) is 5.72. The van der Waals surface area contributed by atoms with Crippen molar-refractivity contribution in [2.75, 3.05) is 6.61 Å². The van der Waals surface area contributed by atoms with E-state index in [9.17, 15) is 4.79 Å². The van der Waals surface area contributed by atoms with Crippen molar-refractivity contribution in [1.82, 2.24) is 0 Å². The van der Waals surface area contributed by atoms with Crippen LogP contribution >= 0.6 is 0 Å². The van der Waals surface area contributed by atoms with Gasteiger partial charge in [-0.25, -0.2) is 4.79 Å². The maximum absolute atomic E-state index is 11.3. The lowest BCUT2D eigenvalue weighted by Crippen LogP contribution is -2.01. The first-order valence-electron chi connectivity index (χ1n) is 7.40. The zero-order valence-electron chi connectivity index (χ0n) is 12.9. The van der Waals surface area contributed by atoms with Crippen molar-refractivity contribution in [1.29, 1.82) is 0 Å². The summed E-state index contributed by atoms with van der Waals surface area (Å²) >= 11 is 0. The van der Waals surface area contributed by atoms with Crippen molar-refractivity contribution < 1.29 is 14.3 Å².